The number of benzene rings is 1. The standard InChI is InChI=1S/C21H21F3N2O2/c22-21(23,24)19-17(20-7-11-3-12(8-20)5-13(4-11)9-20)18(25-26-19)14-1-2-15-16(6-14)28-10-27-15/h1-2,6,11-13H,3-5,7-10H2,(H,25,26). The number of halogens is 3. The highest BCUT2D eigenvalue weighted by molar-refractivity contribution is 5.70. The summed E-state index contributed by atoms with van der Waals surface area (Å²) in [5.41, 5.74) is 0.382. The molecule has 1 N–H and O–H groups in total. The molecule has 7 heteroatoms. The van der Waals surface area contributed by atoms with Gasteiger partial charge in [-0.05, 0) is 74.5 Å². The molecular weight excluding hydrogens is 369 g/mol. The molecule has 2 aromatic rings. The fourth-order valence-corrected chi connectivity index (χ4v) is 6.73. The Kier molecular flexibility index (Phi) is 3.26. The van der Waals surface area contributed by atoms with E-state index in [1.54, 1.807) is 18.2 Å². The van der Waals surface area contributed by atoms with Gasteiger partial charge in [-0.3, -0.25) is 5.10 Å². The van der Waals surface area contributed by atoms with Crippen LogP contribution in [-0.2, 0) is 11.6 Å². The molecule has 2 heterocycles. The van der Waals surface area contributed by atoms with Gasteiger partial charge in [0.05, 0.1) is 5.69 Å². The first-order valence-corrected chi connectivity index (χ1v) is 9.97. The molecule has 4 saturated carbocycles. The molecule has 28 heavy (non-hydrogen) atoms. The number of nitrogens with one attached hydrogen (secondary N) is 1. The first-order chi connectivity index (χ1) is 13.4. The summed E-state index contributed by atoms with van der Waals surface area (Å²) in [6.07, 6.45) is 1.63. The normalized spacial score (nSPS) is 32.9. The zero-order valence-corrected chi connectivity index (χ0v) is 15.3. The predicted octanol–water partition coefficient (Wildman–Crippen LogP) is 5.29. The lowest BCUT2D eigenvalue weighted by molar-refractivity contribution is -0.143. The van der Waals surface area contributed by atoms with Gasteiger partial charge in [0, 0.05) is 16.5 Å². The van der Waals surface area contributed by atoms with Crippen LogP contribution in [0.4, 0.5) is 13.2 Å². The largest absolute Gasteiger partial charge is 0.454 e. The average Bonchev–Trinajstić information content (AvgIpc) is 3.27. The van der Waals surface area contributed by atoms with E-state index in [1.807, 2.05) is 0 Å². The quantitative estimate of drug-likeness (QED) is 0.758. The van der Waals surface area contributed by atoms with E-state index in [-0.39, 0.29) is 6.79 Å². The van der Waals surface area contributed by atoms with Gasteiger partial charge in [-0.2, -0.15) is 18.3 Å². The zero-order valence-electron chi connectivity index (χ0n) is 15.3. The van der Waals surface area contributed by atoms with Crippen LogP contribution in [-0.4, -0.2) is 17.0 Å². The predicted molar refractivity (Wildman–Crippen MR) is 95.0 cm³/mol. The summed E-state index contributed by atoms with van der Waals surface area (Å²) in [5, 5.41) is 6.55. The van der Waals surface area contributed by atoms with Crippen LogP contribution in [0.5, 0.6) is 11.5 Å². The summed E-state index contributed by atoms with van der Waals surface area (Å²) in [4.78, 5) is 0. The molecule has 0 radical (unpaired) electrons. The molecule has 1 aromatic carbocycles. The minimum atomic E-state index is -4.44. The molecule has 4 bridgehead atoms. The van der Waals surface area contributed by atoms with Crippen LogP contribution in [0, 0.1) is 17.8 Å². The summed E-state index contributed by atoms with van der Waals surface area (Å²) in [5.74, 6) is 2.82. The van der Waals surface area contributed by atoms with Gasteiger partial charge < -0.3 is 9.47 Å². The molecule has 4 aliphatic carbocycles. The summed E-state index contributed by atoms with van der Waals surface area (Å²) >= 11 is 0. The number of alkyl halides is 3. The van der Waals surface area contributed by atoms with E-state index in [4.69, 9.17) is 9.47 Å². The minimum Gasteiger partial charge on any atom is -0.454 e. The smallest absolute Gasteiger partial charge is 0.433 e. The van der Waals surface area contributed by atoms with Crippen molar-refractivity contribution in [3.8, 4) is 22.8 Å². The second-order valence-electron chi connectivity index (χ2n) is 9.09. The van der Waals surface area contributed by atoms with Crippen molar-refractivity contribution in [2.75, 3.05) is 6.79 Å². The Labute approximate surface area is 160 Å². The van der Waals surface area contributed by atoms with E-state index in [1.165, 1.54) is 19.3 Å². The molecular formula is C21H21F3N2O2. The molecule has 0 atom stereocenters. The maximum absolute atomic E-state index is 14.0. The second-order valence-corrected chi connectivity index (χ2v) is 9.09. The Morgan fingerprint density at radius 3 is 2.25 bits per heavy atom. The number of rotatable bonds is 2. The molecule has 0 amide bonds. The molecule has 0 spiro atoms. The average molecular weight is 390 g/mol. The Balaban J connectivity index is 1.53. The van der Waals surface area contributed by atoms with Crippen LogP contribution in [0.2, 0.25) is 0 Å². The third kappa shape index (κ3) is 2.34. The fourth-order valence-electron chi connectivity index (χ4n) is 6.73. The number of nitrogens with zero attached hydrogens (tertiary/aromatic N) is 1. The Hall–Kier alpha value is -2.18. The van der Waals surface area contributed by atoms with Gasteiger partial charge >= 0.3 is 6.18 Å². The van der Waals surface area contributed by atoms with Crippen LogP contribution in [0.1, 0.15) is 49.8 Å². The van der Waals surface area contributed by atoms with Gasteiger partial charge in [-0.15, -0.1) is 0 Å². The highest BCUT2D eigenvalue weighted by Crippen LogP contribution is 2.63. The van der Waals surface area contributed by atoms with E-state index >= 15 is 0 Å². The van der Waals surface area contributed by atoms with E-state index in [0.717, 1.165) is 19.3 Å². The van der Waals surface area contributed by atoms with Gasteiger partial charge in [-0.25, -0.2) is 0 Å². The van der Waals surface area contributed by atoms with Crippen molar-refractivity contribution < 1.29 is 22.6 Å². The lowest BCUT2D eigenvalue weighted by Gasteiger charge is -2.57. The second kappa shape index (κ2) is 5.45. The van der Waals surface area contributed by atoms with Crippen molar-refractivity contribution >= 4 is 0 Å². The summed E-state index contributed by atoms with van der Waals surface area (Å²) < 4.78 is 52.7. The zero-order chi connectivity index (χ0) is 19.1. The molecule has 1 aromatic heterocycles. The number of fused-ring (bicyclic) bond motifs is 1. The number of aromatic amines is 1. The van der Waals surface area contributed by atoms with Crippen molar-refractivity contribution in [1.29, 1.82) is 0 Å². The van der Waals surface area contributed by atoms with Crippen molar-refractivity contribution in [2.24, 2.45) is 17.8 Å². The molecule has 4 fully saturated rings. The molecule has 5 aliphatic rings. The number of aromatic nitrogens is 2. The van der Waals surface area contributed by atoms with Gasteiger partial charge in [0.15, 0.2) is 11.5 Å². The lowest BCUT2D eigenvalue weighted by atomic mass is 9.47. The number of H-pyrrole nitrogens is 1. The van der Waals surface area contributed by atoms with E-state index < -0.39 is 17.3 Å². The maximum atomic E-state index is 14.0. The highest BCUT2D eigenvalue weighted by atomic mass is 19.4. The van der Waals surface area contributed by atoms with Crippen molar-refractivity contribution in [2.45, 2.75) is 50.1 Å². The van der Waals surface area contributed by atoms with Crippen LogP contribution in [0.15, 0.2) is 18.2 Å². The molecule has 0 saturated heterocycles. The third-order valence-corrected chi connectivity index (χ3v) is 7.26. The van der Waals surface area contributed by atoms with Gasteiger partial charge in [0.25, 0.3) is 0 Å². The van der Waals surface area contributed by atoms with Gasteiger partial charge in [0.1, 0.15) is 5.69 Å². The molecule has 0 unspecified atom stereocenters. The Morgan fingerprint density at radius 1 is 0.964 bits per heavy atom. The van der Waals surface area contributed by atoms with Crippen molar-refractivity contribution in [3.05, 3.63) is 29.5 Å². The van der Waals surface area contributed by atoms with E-state index in [0.29, 0.717) is 46.1 Å². The molecule has 1 aliphatic heterocycles. The first-order valence-electron chi connectivity index (χ1n) is 9.97. The fraction of sp³-hybridized carbons (Fsp3) is 0.571. The Morgan fingerprint density at radius 2 is 1.61 bits per heavy atom. The van der Waals surface area contributed by atoms with Crippen LogP contribution in [0.25, 0.3) is 11.3 Å². The van der Waals surface area contributed by atoms with Crippen molar-refractivity contribution in [3.63, 3.8) is 0 Å². The number of ether oxygens (including phenoxy) is 2. The minimum absolute atomic E-state index is 0.134. The summed E-state index contributed by atoms with van der Waals surface area (Å²) in [7, 11) is 0. The van der Waals surface area contributed by atoms with Crippen LogP contribution < -0.4 is 9.47 Å². The van der Waals surface area contributed by atoms with Crippen LogP contribution >= 0.6 is 0 Å². The highest BCUT2D eigenvalue weighted by Gasteiger charge is 2.55. The first kappa shape index (κ1) is 16.7. The SMILES string of the molecule is FC(F)(F)c1[nH]nc(-c2ccc3c(c2)OCO3)c1C12CC3CC(CC(C3)C1)C2. The van der Waals surface area contributed by atoms with Crippen molar-refractivity contribution in [1.82, 2.24) is 10.2 Å². The topological polar surface area (TPSA) is 47.1 Å². The summed E-state index contributed by atoms with van der Waals surface area (Å²) in [6.45, 7) is 0.134. The summed E-state index contributed by atoms with van der Waals surface area (Å²) in [6, 6.07) is 5.29. The van der Waals surface area contributed by atoms with E-state index in [2.05, 4.69) is 10.2 Å². The molecule has 7 rings (SSSR count). The van der Waals surface area contributed by atoms with Crippen LogP contribution in [0.3, 0.4) is 0 Å². The Bertz CT molecular complexity index is 914. The monoisotopic (exact) mass is 390 g/mol. The molecule has 4 nitrogen and oxygen atoms in total. The van der Waals surface area contributed by atoms with E-state index in [9.17, 15) is 13.2 Å². The number of hydrogen-bond donors (Lipinski definition) is 1. The van der Waals surface area contributed by atoms with Gasteiger partial charge in [-0.1, -0.05) is 0 Å². The lowest BCUT2D eigenvalue weighted by Crippen LogP contribution is -2.49. The van der Waals surface area contributed by atoms with Gasteiger partial charge in [0.2, 0.25) is 6.79 Å². The number of hydrogen-bond acceptors (Lipinski definition) is 3. The third-order valence-electron chi connectivity index (χ3n) is 7.26. The maximum Gasteiger partial charge on any atom is 0.433 e. The molecule has 148 valence electrons.